The Hall–Kier alpha value is -1.63. The second-order valence-electron chi connectivity index (χ2n) is 4.12. The summed E-state index contributed by atoms with van der Waals surface area (Å²) in [6.07, 6.45) is 3.23. The Morgan fingerprint density at radius 1 is 1.61 bits per heavy atom. The van der Waals surface area contributed by atoms with Crippen LogP contribution in [-0.4, -0.2) is 33.3 Å². The molecule has 1 amide bonds. The topological polar surface area (TPSA) is 83.1 Å². The Morgan fingerprint density at radius 3 is 3.06 bits per heavy atom. The zero-order valence-electron chi connectivity index (χ0n) is 9.88. The van der Waals surface area contributed by atoms with Crippen molar-refractivity contribution >= 4 is 28.6 Å². The normalized spacial score (nSPS) is 19.3. The zero-order valence-corrected chi connectivity index (χ0v) is 10.7. The van der Waals surface area contributed by atoms with Crippen LogP contribution < -0.4 is 10.5 Å². The van der Waals surface area contributed by atoms with Crippen LogP contribution in [0.15, 0.2) is 17.2 Å². The number of hydrogen-bond donors (Lipinski definition) is 1. The van der Waals surface area contributed by atoms with E-state index < -0.39 is 0 Å². The molecule has 0 bridgehead atoms. The summed E-state index contributed by atoms with van der Waals surface area (Å²) in [5.74, 6) is 0.710. The van der Waals surface area contributed by atoms with Gasteiger partial charge < -0.3 is 4.98 Å². The summed E-state index contributed by atoms with van der Waals surface area (Å²) in [4.78, 5) is 42.1. The predicted octanol–water partition coefficient (Wildman–Crippen LogP) is 0.402. The molecule has 96 valence electrons. The summed E-state index contributed by atoms with van der Waals surface area (Å²) in [5.41, 5.74) is -0.370. The number of nitrogens with zero attached hydrogens (tertiary/aromatic N) is 2. The fraction of sp³-hybridized carbons (Fsp3) is 0.455. The first kappa shape index (κ1) is 12.8. The summed E-state index contributed by atoms with van der Waals surface area (Å²) in [6, 6.07) is 0. The van der Waals surface area contributed by atoms with Crippen molar-refractivity contribution in [2.24, 2.45) is 5.92 Å². The number of thioether (sulfide) groups is 1. The number of H-pyrrole nitrogens is 1. The molecule has 0 aliphatic carbocycles. The molecular weight excluding hydrogens is 254 g/mol. The van der Waals surface area contributed by atoms with Crippen molar-refractivity contribution in [3.05, 3.63) is 22.7 Å². The van der Waals surface area contributed by atoms with Gasteiger partial charge in [0.15, 0.2) is 5.12 Å². The minimum atomic E-state index is -0.370. The Morgan fingerprint density at radius 2 is 2.39 bits per heavy atom. The first-order valence-electron chi connectivity index (χ1n) is 5.55. The summed E-state index contributed by atoms with van der Waals surface area (Å²) < 4.78 is 0. The van der Waals surface area contributed by atoms with Gasteiger partial charge in [-0.2, -0.15) is 0 Å². The van der Waals surface area contributed by atoms with E-state index in [0.717, 1.165) is 0 Å². The molecule has 1 unspecified atom stereocenters. The zero-order chi connectivity index (χ0) is 13.1. The second kappa shape index (κ2) is 5.34. The van der Waals surface area contributed by atoms with E-state index in [2.05, 4.69) is 9.97 Å². The first-order valence-corrected chi connectivity index (χ1v) is 6.54. The molecule has 1 fully saturated rings. The number of hydrogen-bond acceptors (Lipinski definition) is 5. The number of aromatic nitrogens is 2. The van der Waals surface area contributed by atoms with E-state index in [1.54, 1.807) is 0 Å². The van der Waals surface area contributed by atoms with Crippen LogP contribution in [0.2, 0.25) is 0 Å². The highest BCUT2D eigenvalue weighted by Gasteiger charge is 2.32. The maximum atomic E-state index is 11.8. The van der Waals surface area contributed by atoms with E-state index in [-0.39, 0.29) is 28.3 Å². The van der Waals surface area contributed by atoms with E-state index in [0.29, 0.717) is 18.7 Å². The monoisotopic (exact) mass is 267 g/mol. The number of amides is 1. The van der Waals surface area contributed by atoms with Gasteiger partial charge in [0.25, 0.3) is 5.56 Å². The molecule has 1 aromatic rings. The molecule has 2 heterocycles. The summed E-state index contributed by atoms with van der Waals surface area (Å²) in [7, 11) is 0. The molecule has 0 spiro atoms. The van der Waals surface area contributed by atoms with Crippen LogP contribution in [0, 0.1) is 5.92 Å². The highest BCUT2D eigenvalue weighted by Crippen LogP contribution is 2.24. The first-order chi connectivity index (χ1) is 8.58. The minimum absolute atomic E-state index is 0.0385. The lowest BCUT2D eigenvalue weighted by atomic mass is 10.1. The Bertz CT molecular complexity index is 528. The molecule has 0 radical (unpaired) electrons. The number of carbonyl (C=O) groups excluding carboxylic acids is 2. The average molecular weight is 267 g/mol. The largest absolute Gasteiger partial charge is 0.324 e. The van der Waals surface area contributed by atoms with Crippen molar-refractivity contribution in [2.45, 2.75) is 13.3 Å². The predicted molar refractivity (Wildman–Crippen MR) is 68.5 cm³/mol. The number of rotatable bonds is 3. The van der Waals surface area contributed by atoms with E-state index in [9.17, 15) is 14.4 Å². The van der Waals surface area contributed by atoms with E-state index in [1.165, 1.54) is 36.0 Å². The van der Waals surface area contributed by atoms with Gasteiger partial charge in [0, 0.05) is 38.0 Å². The Labute approximate surface area is 108 Å². The highest BCUT2D eigenvalue weighted by molar-refractivity contribution is 8.13. The van der Waals surface area contributed by atoms with Crippen LogP contribution in [0.5, 0.6) is 0 Å². The lowest BCUT2D eigenvalue weighted by molar-refractivity contribution is -0.117. The third-order valence-corrected chi connectivity index (χ3v) is 3.72. The molecule has 1 saturated heterocycles. The van der Waals surface area contributed by atoms with Crippen LogP contribution in [-0.2, 0) is 9.59 Å². The van der Waals surface area contributed by atoms with Crippen LogP contribution in [0.4, 0.5) is 5.82 Å². The van der Waals surface area contributed by atoms with E-state index in [1.807, 2.05) is 0 Å². The van der Waals surface area contributed by atoms with Crippen LogP contribution in [0.3, 0.4) is 0 Å². The molecule has 1 atom stereocenters. The van der Waals surface area contributed by atoms with Gasteiger partial charge >= 0.3 is 0 Å². The summed E-state index contributed by atoms with van der Waals surface area (Å²) >= 11 is 1.21. The fourth-order valence-electron chi connectivity index (χ4n) is 1.87. The van der Waals surface area contributed by atoms with Crippen molar-refractivity contribution in [1.29, 1.82) is 0 Å². The third-order valence-electron chi connectivity index (χ3n) is 2.67. The molecule has 1 aliphatic heterocycles. The molecular formula is C11H13N3O3S. The standard InChI is InChI=1S/C11H13N3O3S/c1-7(15)18-6-8-4-9(16)14(5-8)10-11(17)13-3-2-12-10/h2-3,8H,4-6H2,1H3,(H,13,17). The van der Waals surface area contributed by atoms with Crippen LogP contribution >= 0.6 is 11.8 Å². The highest BCUT2D eigenvalue weighted by atomic mass is 32.2. The maximum Gasteiger partial charge on any atom is 0.291 e. The number of aromatic amines is 1. The molecule has 1 aliphatic rings. The van der Waals surface area contributed by atoms with Crippen molar-refractivity contribution < 1.29 is 9.59 Å². The van der Waals surface area contributed by atoms with Crippen molar-refractivity contribution in [1.82, 2.24) is 9.97 Å². The second-order valence-corrected chi connectivity index (χ2v) is 5.32. The summed E-state index contributed by atoms with van der Waals surface area (Å²) in [6.45, 7) is 1.95. The molecule has 0 aromatic carbocycles. The molecule has 18 heavy (non-hydrogen) atoms. The molecule has 1 N–H and O–H groups in total. The Balaban J connectivity index is 2.08. The SMILES string of the molecule is CC(=O)SCC1CC(=O)N(c2ncc[nH]c2=O)C1. The van der Waals surface area contributed by atoms with Gasteiger partial charge in [-0.05, 0) is 5.92 Å². The van der Waals surface area contributed by atoms with Crippen LogP contribution in [0.1, 0.15) is 13.3 Å². The van der Waals surface area contributed by atoms with Crippen molar-refractivity contribution in [2.75, 3.05) is 17.2 Å². The lowest BCUT2D eigenvalue weighted by Crippen LogP contribution is -2.31. The minimum Gasteiger partial charge on any atom is -0.324 e. The van der Waals surface area contributed by atoms with Gasteiger partial charge in [-0.15, -0.1) is 0 Å². The van der Waals surface area contributed by atoms with Gasteiger partial charge in [0.1, 0.15) is 0 Å². The maximum absolute atomic E-state index is 11.8. The van der Waals surface area contributed by atoms with Gasteiger partial charge in [-0.1, -0.05) is 11.8 Å². The molecule has 1 aromatic heterocycles. The van der Waals surface area contributed by atoms with Gasteiger partial charge in [-0.25, -0.2) is 4.98 Å². The molecule has 0 saturated carbocycles. The Kier molecular flexibility index (Phi) is 3.81. The van der Waals surface area contributed by atoms with Gasteiger partial charge in [-0.3, -0.25) is 19.3 Å². The molecule has 6 nitrogen and oxygen atoms in total. The number of anilines is 1. The quantitative estimate of drug-likeness (QED) is 0.857. The van der Waals surface area contributed by atoms with Crippen LogP contribution in [0.25, 0.3) is 0 Å². The van der Waals surface area contributed by atoms with E-state index >= 15 is 0 Å². The van der Waals surface area contributed by atoms with Gasteiger partial charge in [0.05, 0.1) is 0 Å². The molecule has 2 rings (SSSR count). The smallest absolute Gasteiger partial charge is 0.291 e. The molecule has 7 heteroatoms. The van der Waals surface area contributed by atoms with Crippen molar-refractivity contribution in [3.8, 4) is 0 Å². The number of nitrogens with one attached hydrogen (secondary N) is 1. The average Bonchev–Trinajstić information content (AvgIpc) is 2.69. The van der Waals surface area contributed by atoms with Gasteiger partial charge in [0.2, 0.25) is 11.7 Å². The fourth-order valence-corrected chi connectivity index (χ4v) is 2.56. The number of carbonyl (C=O) groups is 2. The van der Waals surface area contributed by atoms with Crippen molar-refractivity contribution in [3.63, 3.8) is 0 Å². The lowest BCUT2D eigenvalue weighted by Gasteiger charge is -2.13. The summed E-state index contributed by atoms with van der Waals surface area (Å²) in [5, 5.41) is 0.0385. The van der Waals surface area contributed by atoms with E-state index in [4.69, 9.17) is 0 Å². The third kappa shape index (κ3) is 2.79.